The van der Waals surface area contributed by atoms with E-state index in [-0.39, 0.29) is 5.69 Å². The van der Waals surface area contributed by atoms with Crippen molar-refractivity contribution in [1.82, 2.24) is 15.2 Å². The van der Waals surface area contributed by atoms with Crippen LogP contribution in [-0.4, -0.2) is 20.1 Å². The third kappa shape index (κ3) is 3.01. The fraction of sp³-hybridized carbons (Fsp3) is 0.125. The van der Waals surface area contributed by atoms with Crippen LogP contribution in [0, 0.1) is 17.0 Å². The molecule has 0 saturated carbocycles. The van der Waals surface area contributed by atoms with Crippen LogP contribution < -0.4 is 0 Å². The predicted molar refractivity (Wildman–Crippen MR) is 82.5 cm³/mol. The quantitative estimate of drug-likeness (QED) is 0.591. The summed E-state index contributed by atoms with van der Waals surface area (Å²) in [4.78, 5) is 14.7. The van der Waals surface area contributed by atoms with Crippen molar-refractivity contribution in [3.05, 3.63) is 75.6 Å². The number of nitrogens with zero attached hydrogens (tertiary/aromatic N) is 3. The van der Waals surface area contributed by atoms with Crippen molar-refractivity contribution >= 4 is 5.69 Å². The molecule has 0 fully saturated rings. The summed E-state index contributed by atoms with van der Waals surface area (Å²) in [5.41, 5.74) is 3.17. The lowest BCUT2D eigenvalue weighted by atomic mass is 10.1. The van der Waals surface area contributed by atoms with Crippen LogP contribution >= 0.6 is 0 Å². The van der Waals surface area contributed by atoms with Gasteiger partial charge < -0.3 is 0 Å². The summed E-state index contributed by atoms with van der Waals surface area (Å²) in [6.07, 6.45) is 0.552. The van der Waals surface area contributed by atoms with Gasteiger partial charge in [0.15, 0.2) is 5.82 Å². The first-order valence-corrected chi connectivity index (χ1v) is 6.83. The molecule has 110 valence electrons. The predicted octanol–water partition coefficient (Wildman–Crippen LogP) is 3.28. The maximum absolute atomic E-state index is 10.6. The van der Waals surface area contributed by atoms with Crippen LogP contribution in [0.5, 0.6) is 0 Å². The molecule has 6 heteroatoms. The van der Waals surface area contributed by atoms with Crippen LogP contribution in [0.1, 0.15) is 17.0 Å². The lowest BCUT2D eigenvalue weighted by Gasteiger charge is -1.97. The molecule has 0 aliphatic heterocycles. The minimum absolute atomic E-state index is 0.0849. The Morgan fingerprint density at radius 3 is 2.41 bits per heavy atom. The summed E-state index contributed by atoms with van der Waals surface area (Å²) in [6, 6.07) is 14.4. The molecule has 1 heterocycles. The fourth-order valence-electron chi connectivity index (χ4n) is 2.13. The Bertz CT molecular complexity index is 792. The van der Waals surface area contributed by atoms with Gasteiger partial charge in [-0.2, -0.15) is 5.10 Å². The van der Waals surface area contributed by atoms with Crippen LogP contribution in [0.4, 0.5) is 5.69 Å². The lowest BCUT2D eigenvalue weighted by molar-refractivity contribution is -0.384. The number of nitro benzene ring substituents is 1. The van der Waals surface area contributed by atoms with E-state index in [4.69, 9.17) is 0 Å². The van der Waals surface area contributed by atoms with Crippen LogP contribution in [0.25, 0.3) is 11.4 Å². The molecular formula is C16H14N4O2. The molecule has 0 aliphatic carbocycles. The van der Waals surface area contributed by atoms with Crippen molar-refractivity contribution in [2.75, 3.05) is 0 Å². The second-order valence-electron chi connectivity index (χ2n) is 5.07. The van der Waals surface area contributed by atoms with E-state index in [0.29, 0.717) is 12.2 Å². The summed E-state index contributed by atoms with van der Waals surface area (Å²) in [6.45, 7) is 2.03. The SMILES string of the molecule is Cc1ccc(-c2n[nH]c(Cc3ccc([N+](=O)[O-])cc3)n2)cc1. The molecule has 0 spiro atoms. The topological polar surface area (TPSA) is 84.7 Å². The summed E-state index contributed by atoms with van der Waals surface area (Å²) in [5, 5.41) is 17.8. The van der Waals surface area contributed by atoms with E-state index in [1.807, 2.05) is 31.2 Å². The van der Waals surface area contributed by atoms with Crippen molar-refractivity contribution in [2.45, 2.75) is 13.3 Å². The van der Waals surface area contributed by atoms with Crippen molar-refractivity contribution in [2.24, 2.45) is 0 Å². The van der Waals surface area contributed by atoms with Gasteiger partial charge in [-0.1, -0.05) is 42.0 Å². The van der Waals surface area contributed by atoms with E-state index < -0.39 is 4.92 Å². The minimum Gasteiger partial charge on any atom is -0.262 e. The Labute approximate surface area is 127 Å². The third-order valence-electron chi connectivity index (χ3n) is 3.36. The Balaban J connectivity index is 1.76. The lowest BCUT2D eigenvalue weighted by Crippen LogP contribution is -1.92. The minimum atomic E-state index is -0.409. The van der Waals surface area contributed by atoms with Gasteiger partial charge in [0.25, 0.3) is 5.69 Å². The molecule has 2 aromatic carbocycles. The van der Waals surface area contributed by atoms with E-state index >= 15 is 0 Å². The highest BCUT2D eigenvalue weighted by atomic mass is 16.6. The molecule has 0 aliphatic rings. The molecule has 6 nitrogen and oxygen atoms in total. The van der Waals surface area contributed by atoms with E-state index in [1.165, 1.54) is 17.7 Å². The molecule has 0 bridgehead atoms. The van der Waals surface area contributed by atoms with Gasteiger partial charge in [-0.05, 0) is 12.5 Å². The van der Waals surface area contributed by atoms with Gasteiger partial charge in [-0.15, -0.1) is 0 Å². The number of aromatic nitrogens is 3. The van der Waals surface area contributed by atoms with Crippen molar-refractivity contribution in [1.29, 1.82) is 0 Å². The van der Waals surface area contributed by atoms with Crippen molar-refractivity contribution in [3.63, 3.8) is 0 Å². The van der Waals surface area contributed by atoms with Crippen molar-refractivity contribution in [3.8, 4) is 11.4 Å². The molecule has 0 saturated heterocycles. The van der Waals surface area contributed by atoms with Gasteiger partial charge >= 0.3 is 0 Å². The molecule has 0 radical (unpaired) electrons. The highest BCUT2D eigenvalue weighted by molar-refractivity contribution is 5.54. The Morgan fingerprint density at radius 2 is 1.77 bits per heavy atom. The Kier molecular flexibility index (Phi) is 3.65. The van der Waals surface area contributed by atoms with Gasteiger partial charge in [0, 0.05) is 24.1 Å². The first-order valence-electron chi connectivity index (χ1n) is 6.83. The fourth-order valence-corrected chi connectivity index (χ4v) is 2.13. The van der Waals surface area contributed by atoms with E-state index in [2.05, 4.69) is 15.2 Å². The van der Waals surface area contributed by atoms with Gasteiger partial charge in [0.2, 0.25) is 0 Å². The normalized spacial score (nSPS) is 10.6. The second kappa shape index (κ2) is 5.77. The number of nitro groups is 1. The number of non-ortho nitro benzene ring substituents is 1. The van der Waals surface area contributed by atoms with Gasteiger partial charge in [0.05, 0.1) is 4.92 Å². The van der Waals surface area contributed by atoms with Crippen LogP contribution in [0.15, 0.2) is 48.5 Å². The van der Waals surface area contributed by atoms with Gasteiger partial charge in [0.1, 0.15) is 5.82 Å². The zero-order valence-electron chi connectivity index (χ0n) is 12.0. The van der Waals surface area contributed by atoms with E-state index in [9.17, 15) is 10.1 Å². The summed E-state index contributed by atoms with van der Waals surface area (Å²) in [5.74, 6) is 1.38. The van der Waals surface area contributed by atoms with Crippen LogP contribution in [-0.2, 0) is 6.42 Å². The number of rotatable bonds is 4. The number of aryl methyl sites for hydroxylation is 1. The van der Waals surface area contributed by atoms with Crippen LogP contribution in [0.3, 0.4) is 0 Å². The molecule has 0 atom stereocenters. The standard InChI is InChI=1S/C16H14N4O2/c1-11-2-6-13(7-3-11)16-17-15(18-19-16)10-12-4-8-14(9-5-12)20(21)22/h2-9H,10H2,1H3,(H,17,18,19). The monoisotopic (exact) mass is 294 g/mol. The number of H-pyrrole nitrogens is 1. The van der Waals surface area contributed by atoms with Crippen molar-refractivity contribution < 1.29 is 4.92 Å². The van der Waals surface area contributed by atoms with E-state index in [0.717, 1.165) is 17.0 Å². The molecule has 3 aromatic rings. The summed E-state index contributed by atoms with van der Waals surface area (Å²) >= 11 is 0. The molecule has 0 unspecified atom stereocenters. The number of nitrogens with one attached hydrogen (secondary N) is 1. The zero-order valence-corrected chi connectivity index (χ0v) is 12.0. The smallest absolute Gasteiger partial charge is 0.262 e. The molecule has 1 N–H and O–H groups in total. The summed E-state index contributed by atoms with van der Waals surface area (Å²) in [7, 11) is 0. The maximum Gasteiger partial charge on any atom is 0.269 e. The molecule has 1 aromatic heterocycles. The number of hydrogen-bond donors (Lipinski definition) is 1. The van der Waals surface area contributed by atoms with Gasteiger partial charge in [-0.3, -0.25) is 15.2 Å². The highest BCUT2D eigenvalue weighted by Gasteiger charge is 2.08. The molecule has 3 rings (SSSR count). The zero-order chi connectivity index (χ0) is 15.5. The average Bonchev–Trinajstić information content (AvgIpc) is 2.97. The highest BCUT2D eigenvalue weighted by Crippen LogP contribution is 2.17. The van der Waals surface area contributed by atoms with Crippen LogP contribution in [0.2, 0.25) is 0 Å². The number of benzene rings is 2. The summed E-state index contributed by atoms with van der Waals surface area (Å²) < 4.78 is 0. The van der Waals surface area contributed by atoms with Gasteiger partial charge in [-0.25, -0.2) is 4.98 Å². The first kappa shape index (κ1) is 13.9. The molecular weight excluding hydrogens is 280 g/mol. The largest absolute Gasteiger partial charge is 0.269 e. The number of aromatic amines is 1. The third-order valence-corrected chi connectivity index (χ3v) is 3.36. The Hall–Kier alpha value is -3.02. The average molecular weight is 294 g/mol. The Morgan fingerprint density at radius 1 is 1.09 bits per heavy atom. The first-order chi connectivity index (χ1) is 10.6. The molecule has 22 heavy (non-hydrogen) atoms. The second-order valence-corrected chi connectivity index (χ2v) is 5.07. The number of hydrogen-bond acceptors (Lipinski definition) is 4. The molecule has 0 amide bonds. The van der Waals surface area contributed by atoms with E-state index in [1.54, 1.807) is 12.1 Å². The maximum atomic E-state index is 10.6.